The monoisotopic (exact) mass is 352 g/mol. The van der Waals surface area contributed by atoms with Gasteiger partial charge in [0.25, 0.3) is 0 Å². The van der Waals surface area contributed by atoms with Crippen LogP contribution in [-0.2, 0) is 6.54 Å². The van der Waals surface area contributed by atoms with E-state index in [-0.39, 0.29) is 17.4 Å². The highest BCUT2D eigenvalue weighted by molar-refractivity contribution is 5.85. The highest BCUT2D eigenvalue weighted by atomic mass is 16.4. The van der Waals surface area contributed by atoms with Crippen molar-refractivity contribution in [3.05, 3.63) is 64.3 Å². The Morgan fingerprint density at radius 3 is 2.69 bits per heavy atom. The molecule has 134 valence electrons. The number of H-pyrrole nitrogens is 1. The lowest BCUT2D eigenvalue weighted by Gasteiger charge is -2.32. The van der Waals surface area contributed by atoms with Gasteiger partial charge in [-0.25, -0.2) is 14.6 Å². The van der Waals surface area contributed by atoms with Crippen molar-refractivity contribution in [2.24, 2.45) is 0 Å². The van der Waals surface area contributed by atoms with Gasteiger partial charge < -0.3 is 10.1 Å². The first kappa shape index (κ1) is 16.5. The fourth-order valence-electron chi connectivity index (χ4n) is 3.69. The number of hydrogen-bond donors (Lipinski definition) is 2. The second-order valence-corrected chi connectivity index (χ2v) is 6.64. The molecule has 0 spiro atoms. The number of rotatable bonds is 4. The van der Waals surface area contributed by atoms with Gasteiger partial charge in [0, 0.05) is 25.7 Å². The Morgan fingerprint density at radius 2 is 1.92 bits per heavy atom. The minimum atomic E-state index is -1.01. The summed E-state index contributed by atoms with van der Waals surface area (Å²) in [7, 11) is 0. The van der Waals surface area contributed by atoms with Gasteiger partial charge in [-0.3, -0.25) is 9.47 Å². The van der Waals surface area contributed by atoms with Crippen molar-refractivity contribution in [1.82, 2.24) is 19.4 Å². The molecule has 0 bridgehead atoms. The number of hydrogen-bond acceptors (Lipinski definition) is 4. The zero-order chi connectivity index (χ0) is 18.1. The Balaban J connectivity index is 1.46. The van der Waals surface area contributed by atoms with E-state index >= 15 is 0 Å². The van der Waals surface area contributed by atoms with Crippen LogP contribution in [0.1, 0.15) is 35.1 Å². The summed E-state index contributed by atoms with van der Waals surface area (Å²) in [6.07, 6.45) is 1.75. The van der Waals surface area contributed by atoms with Gasteiger partial charge in [0.05, 0.1) is 16.7 Å². The van der Waals surface area contributed by atoms with E-state index in [1.807, 2.05) is 34.9 Å². The van der Waals surface area contributed by atoms with Gasteiger partial charge in [-0.05, 0) is 37.1 Å². The summed E-state index contributed by atoms with van der Waals surface area (Å²) >= 11 is 0. The molecule has 0 saturated carbocycles. The number of pyridine rings is 1. The van der Waals surface area contributed by atoms with Crippen molar-refractivity contribution in [2.45, 2.75) is 25.4 Å². The molecule has 1 saturated heterocycles. The molecule has 1 aromatic carbocycles. The van der Waals surface area contributed by atoms with Crippen LogP contribution in [0.3, 0.4) is 0 Å². The maximum absolute atomic E-state index is 12.3. The van der Waals surface area contributed by atoms with E-state index < -0.39 is 5.97 Å². The number of imidazole rings is 1. The predicted octanol–water partition coefficient (Wildman–Crippen LogP) is 2.26. The van der Waals surface area contributed by atoms with E-state index in [2.05, 4.69) is 14.9 Å². The number of fused-ring (bicyclic) bond motifs is 1. The molecular weight excluding hydrogens is 332 g/mol. The van der Waals surface area contributed by atoms with Crippen LogP contribution in [0.15, 0.2) is 47.3 Å². The first-order valence-corrected chi connectivity index (χ1v) is 8.72. The van der Waals surface area contributed by atoms with Crippen LogP contribution in [0.2, 0.25) is 0 Å². The minimum absolute atomic E-state index is 0.0551. The van der Waals surface area contributed by atoms with Gasteiger partial charge in [-0.1, -0.05) is 18.2 Å². The number of aromatic nitrogens is 3. The predicted molar refractivity (Wildman–Crippen MR) is 97.3 cm³/mol. The molecule has 4 rings (SSSR count). The van der Waals surface area contributed by atoms with Crippen LogP contribution >= 0.6 is 0 Å². The average Bonchev–Trinajstić information content (AvgIpc) is 2.98. The second kappa shape index (κ2) is 6.76. The van der Waals surface area contributed by atoms with E-state index in [0.29, 0.717) is 6.54 Å². The summed E-state index contributed by atoms with van der Waals surface area (Å²) in [5.74, 6) is -1.01. The van der Waals surface area contributed by atoms with Crippen LogP contribution in [0.4, 0.5) is 0 Å². The third-order valence-corrected chi connectivity index (χ3v) is 4.96. The molecule has 26 heavy (non-hydrogen) atoms. The number of aromatic carboxylic acids is 1. The van der Waals surface area contributed by atoms with Crippen molar-refractivity contribution in [1.29, 1.82) is 0 Å². The summed E-state index contributed by atoms with van der Waals surface area (Å²) in [5.41, 5.74) is 2.59. The van der Waals surface area contributed by atoms with Crippen molar-refractivity contribution >= 4 is 17.0 Å². The number of nitrogens with zero attached hydrogens (tertiary/aromatic N) is 3. The standard InChI is InChI=1S/C19H20N4O3/c24-18(25)16-6-3-4-13(20-16)12-22-10-8-14(9-11-22)23-17-7-2-1-5-15(17)21-19(23)26/h1-7,14H,8-12H2,(H,21,26)(H,24,25). The van der Waals surface area contributed by atoms with Gasteiger partial charge in [0.15, 0.2) is 0 Å². The zero-order valence-corrected chi connectivity index (χ0v) is 14.3. The molecule has 3 heterocycles. The van der Waals surface area contributed by atoms with Gasteiger partial charge >= 0.3 is 11.7 Å². The average molecular weight is 352 g/mol. The number of para-hydroxylation sites is 2. The van der Waals surface area contributed by atoms with E-state index in [1.54, 1.807) is 6.07 Å². The highest BCUT2D eigenvalue weighted by Crippen LogP contribution is 2.25. The SMILES string of the molecule is O=C(O)c1cccc(CN2CCC(n3c(=O)[nH]c4ccccc43)CC2)n1. The Bertz CT molecular complexity index is 999. The normalized spacial score (nSPS) is 16.2. The molecule has 7 heteroatoms. The molecule has 0 unspecified atom stereocenters. The quantitative estimate of drug-likeness (QED) is 0.751. The summed E-state index contributed by atoms with van der Waals surface area (Å²) in [6.45, 7) is 2.31. The maximum atomic E-state index is 12.3. The van der Waals surface area contributed by atoms with Crippen molar-refractivity contribution < 1.29 is 9.90 Å². The number of carbonyl (C=O) groups is 1. The molecule has 7 nitrogen and oxygen atoms in total. The second-order valence-electron chi connectivity index (χ2n) is 6.64. The van der Waals surface area contributed by atoms with E-state index in [1.165, 1.54) is 6.07 Å². The maximum Gasteiger partial charge on any atom is 0.354 e. The Labute approximate surface area is 149 Å². The van der Waals surface area contributed by atoms with Crippen LogP contribution in [0, 0.1) is 0 Å². The lowest BCUT2D eigenvalue weighted by atomic mass is 10.0. The fraction of sp³-hybridized carbons (Fsp3) is 0.316. The highest BCUT2D eigenvalue weighted by Gasteiger charge is 2.23. The largest absolute Gasteiger partial charge is 0.477 e. The number of likely N-dealkylation sites (tertiary alicyclic amines) is 1. The summed E-state index contributed by atoms with van der Waals surface area (Å²) in [6, 6.07) is 13.0. The van der Waals surface area contributed by atoms with Gasteiger partial charge in [0.2, 0.25) is 0 Å². The molecule has 3 aromatic rings. The number of piperidine rings is 1. The molecular formula is C19H20N4O3. The Kier molecular flexibility index (Phi) is 4.30. The molecule has 1 fully saturated rings. The zero-order valence-electron chi connectivity index (χ0n) is 14.3. The molecule has 1 aliphatic heterocycles. The molecule has 0 radical (unpaired) electrons. The number of benzene rings is 1. The summed E-state index contributed by atoms with van der Waals surface area (Å²) in [5, 5.41) is 9.06. The van der Waals surface area contributed by atoms with Crippen LogP contribution in [0.5, 0.6) is 0 Å². The Morgan fingerprint density at radius 1 is 1.15 bits per heavy atom. The molecule has 2 N–H and O–H groups in total. The lowest BCUT2D eigenvalue weighted by Crippen LogP contribution is -2.36. The van der Waals surface area contributed by atoms with Gasteiger partial charge in [-0.2, -0.15) is 0 Å². The van der Waals surface area contributed by atoms with Crippen LogP contribution in [-0.4, -0.2) is 43.6 Å². The summed E-state index contributed by atoms with van der Waals surface area (Å²) < 4.78 is 1.87. The first-order valence-electron chi connectivity index (χ1n) is 8.72. The fourth-order valence-corrected chi connectivity index (χ4v) is 3.69. The van der Waals surface area contributed by atoms with E-state index in [4.69, 9.17) is 5.11 Å². The first-order chi connectivity index (χ1) is 12.6. The van der Waals surface area contributed by atoms with Gasteiger partial charge in [-0.15, -0.1) is 0 Å². The topological polar surface area (TPSA) is 91.2 Å². The number of carboxylic acids is 1. The molecule has 0 amide bonds. The summed E-state index contributed by atoms with van der Waals surface area (Å²) in [4.78, 5) is 32.8. The van der Waals surface area contributed by atoms with Gasteiger partial charge in [0.1, 0.15) is 5.69 Å². The van der Waals surface area contributed by atoms with Crippen LogP contribution in [0.25, 0.3) is 11.0 Å². The molecule has 0 aliphatic carbocycles. The van der Waals surface area contributed by atoms with Crippen LogP contribution < -0.4 is 5.69 Å². The molecule has 1 aliphatic rings. The third kappa shape index (κ3) is 3.13. The molecule has 0 atom stereocenters. The minimum Gasteiger partial charge on any atom is -0.477 e. The number of nitrogens with one attached hydrogen (secondary N) is 1. The van der Waals surface area contributed by atoms with Crippen molar-refractivity contribution in [3.63, 3.8) is 0 Å². The van der Waals surface area contributed by atoms with Crippen molar-refractivity contribution in [3.8, 4) is 0 Å². The van der Waals surface area contributed by atoms with E-state index in [0.717, 1.165) is 42.7 Å². The Hall–Kier alpha value is -2.93. The number of carboxylic acid groups (broad SMARTS) is 1. The number of aromatic amines is 1. The van der Waals surface area contributed by atoms with Crippen molar-refractivity contribution in [2.75, 3.05) is 13.1 Å². The molecule has 2 aromatic heterocycles. The smallest absolute Gasteiger partial charge is 0.354 e. The van der Waals surface area contributed by atoms with E-state index in [9.17, 15) is 9.59 Å². The lowest BCUT2D eigenvalue weighted by molar-refractivity contribution is 0.0689. The third-order valence-electron chi connectivity index (χ3n) is 4.96.